The van der Waals surface area contributed by atoms with Crippen molar-refractivity contribution in [3.05, 3.63) is 48.0 Å². The number of hydrogen-bond donors (Lipinski definition) is 3. The molecule has 0 saturated carbocycles. The molecule has 3 N–H and O–H groups in total. The van der Waals surface area contributed by atoms with Gasteiger partial charge in [0.15, 0.2) is 0 Å². The predicted octanol–water partition coefficient (Wildman–Crippen LogP) is 1.03. The van der Waals surface area contributed by atoms with Crippen LogP contribution in [0.3, 0.4) is 0 Å². The molecule has 0 aliphatic carbocycles. The molecule has 1 aromatic carbocycles. The van der Waals surface area contributed by atoms with E-state index in [1.165, 1.54) is 0 Å². The summed E-state index contributed by atoms with van der Waals surface area (Å²) < 4.78 is 0. The minimum atomic E-state index is -0.245. The Morgan fingerprint density at radius 2 is 1.89 bits per heavy atom. The molecule has 1 rings (SSSR count). The van der Waals surface area contributed by atoms with Gasteiger partial charge in [0.2, 0.25) is 0 Å². The summed E-state index contributed by atoms with van der Waals surface area (Å²) in [6, 6.07) is 6.80. The smallest absolute Gasteiger partial charge is 0.315 e. The van der Waals surface area contributed by atoms with Crippen LogP contribution in [0.1, 0.15) is 15.9 Å². The molecule has 0 spiro atoms. The van der Waals surface area contributed by atoms with E-state index >= 15 is 0 Å². The minimum Gasteiger partial charge on any atom is -0.355 e. The number of hydrogen-bond acceptors (Lipinski definition) is 2. The van der Waals surface area contributed by atoms with Crippen LogP contribution in [-0.4, -0.2) is 25.5 Å². The number of rotatable bonds is 5. The summed E-state index contributed by atoms with van der Waals surface area (Å²) in [7, 11) is 1.59. The Kier molecular flexibility index (Phi) is 5.44. The van der Waals surface area contributed by atoms with E-state index in [1.54, 1.807) is 37.4 Å². The highest BCUT2D eigenvalue weighted by atomic mass is 16.2. The lowest BCUT2D eigenvalue weighted by Gasteiger charge is -2.06. The standard InChI is InChI=1S/C13H17N3O2/c1-3-8-15-13(18)16-9-10-4-6-11(7-5-10)12(17)14-2/h3-7H,1,8-9H2,2H3,(H,14,17)(H2,15,16,18). The largest absolute Gasteiger partial charge is 0.355 e. The van der Waals surface area contributed by atoms with Gasteiger partial charge in [-0.15, -0.1) is 6.58 Å². The number of urea groups is 1. The summed E-state index contributed by atoms with van der Waals surface area (Å²) in [4.78, 5) is 22.6. The molecule has 0 fully saturated rings. The van der Waals surface area contributed by atoms with E-state index in [2.05, 4.69) is 22.5 Å². The molecule has 0 radical (unpaired) electrons. The first-order valence-corrected chi connectivity index (χ1v) is 5.61. The molecule has 0 aliphatic heterocycles. The Balaban J connectivity index is 2.46. The van der Waals surface area contributed by atoms with Crippen LogP contribution in [0.15, 0.2) is 36.9 Å². The van der Waals surface area contributed by atoms with Crippen LogP contribution in [0.25, 0.3) is 0 Å². The van der Waals surface area contributed by atoms with E-state index in [0.29, 0.717) is 18.7 Å². The van der Waals surface area contributed by atoms with E-state index in [0.717, 1.165) is 5.56 Å². The number of carbonyl (C=O) groups excluding carboxylic acids is 2. The van der Waals surface area contributed by atoms with E-state index in [4.69, 9.17) is 0 Å². The molecule has 3 amide bonds. The van der Waals surface area contributed by atoms with Crippen LogP contribution in [0.4, 0.5) is 4.79 Å². The summed E-state index contributed by atoms with van der Waals surface area (Å²) >= 11 is 0. The summed E-state index contributed by atoms with van der Waals surface area (Å²) in [5, 5.41) is 7.85. The Bertz CT molecular complexity index is 426. The lowest BCUT2D eigenvalue weighted by atomic mass is 10.1. The van der Waals surface area contributed by atoms with E-state index in [1.807, 2.05) is 0 Å². The van der Waals surface area contributed by atoms with Gasteiger partial charge < -0.3 is 16.0 Å². The Morgan fingerprint density at radius 3 is 2.44 bits per heavy atom. The van der Waals surface area contributed by atoms with Gasteiger partial charge in [-0.3, -0.25) is 4.79 Å². The molecule has 1 aromatic rings. The topological polar surface area (TPSA) is 70.2 Å². The van der Waals surface area contributed by atoms with Crippen LogP contribution in [0.5, 0.6) is 0 Å². The molecule has 5 nitrogen and oxygen atoms in total. The Hall–Kier alpha value is -2.30. The predicted molar refractivity (Wildman–Crippen MR) is 70.3 cm³/mol. The molecule has 0 bridgehead atoms. The quantitative estimate of drug-likeness (QED) is 0.680. The maximum atomic E-state index is 11.3. The summed E-state index contributed by atoms with van der Waals surface area (Å²) in [5.41, 5.74) is 1.52. The molecule has 0 saturated heterocycles. The molecule has 18 heavy (non-hydrogen) atoms. The van der Waals surface area contributed by atoms with E-state index in [9.17, 15) is 9.59 Å². The first-order chi connectivity index (χ1) is 8.67. The van der Waals surface area contributed by atoms with Crippen molar-refractivity contribution in [1.29, 1.82) is 0 Å². The van der Waals surface area contributed by atoms with E-state index in [-0.39, 0.29) is 11.9 Å². The molecule has 5 heteroatoms. The summed E-state index contributed by atoms with van der Waals surface area (Å²) in [6.07, 6.45) is 1.61. The molecule has 0 heterocycles. The average molecular weight is 247 g/mol. The number of amides is 3. The van der Waals surface area contributed by atoms with Crippen molar-refractivity contribution < 1.29 is 9.59 Å². The van der Waals surface area contributed by atoms with Gasteiger partial charge in [0.25, 0.3) is 5.91 Å². The molecule has 0 aliphatic rings. The van der Waals surface area contributed by atoms with E-state index < -0.39 is 0 Å². The van der Waals surface area contributed by atoms with Crippen molar-refractivity contribution in [3.63, 3.8) is 0 Å². The van der Waals surface area contributed by atoms with Gasteiger partial charge in [-0.1, -0.05) is 18.2 Å². The van der Waals surface area contributed by atoms with Crippen LogP contribution in [0.2, 0.25) is 0 Å². The third-order valence-electron chi connectivity index (χ3n) is 2.30. The number of benzene rings is 1. The van der Waals surface area contributed by atoms with Crippen LogP contribution >= 0.6 is 0 Å². The number of nitrogens with one attached hydrogen (secondary N) is 3. The molecule has 0 aromatic heterocycles. The van der Waals surface area contributed by atoms with Gasteiger partial charge in [0, 0.05) is 25.7 Å². The molecule has 96 valence electrons. The highest BCUT2D eigenvalue weighted by Gasteiger charge is 2.03. The van der Waals surface area contributed by atoms with Crippen molar-refractivity contribution in [2.24, 2.45) is 0 Å². The fraction of sp³-hybridized carbons (Fsp3) is 0.231. The Labute approximate surface area is 106 Å². The van der Waals surface area contributed by atoms with Gasteiger partial charge in [-0.2, -0.15) is 0 Å². The minimum absolute atomic E-state index is 0.127. The van der Waals surface area contributed by atoms with Crippen molar-refractivity contribution >= 4 is 11.9 Å². The highest BCUT2D eigenvalue weighted by molar-refractivity contribution is 5.93. The third-order valence-corrected chi connectivity index (χ3v) is 2.30. The van der Waals surface area contributed by atoms with Gasteiger partial charge in [0.1, 0.15) is 0 Å². The number of carbonyl (C=O) groups is 2. The van der Waals surface area contributed by atoms with Crippen molar-refractivity contribution in [3.8, 4) is 0 Å². The van der Waals surface area contributed by atoms with Crippen molar-refractivity contribution in [2.75, 3.05) is 13.6 Å². The maximum Gasteiger partial charge on any atom is 0.315 e. The lowest BCUT2D eigenvalue weighted by Crippen LogP contribution is -2.34. The van der Waals surface area contributed by atoms with Crippen LogP contribution in [0, 0.1) is 0 Å². The second-order valence-corrected chi connectivity index (χ2v) is 3.63. The van der Waals surface area contributed by atoms with Crippen LogP contribution in [-0.2, 0) is 6.54 Å². The molecule has 0 unspecified atom stereocenters. The maximum absolute atomic E-state index is 11.3. The third kappa shape index (κ3) is 4.29. The highest BCUT2D eigenvalue weighted by Crippen LogP contribution is 2.04. The van der Waals surface area contributed by atoms with Gasteiger partial charge in [-0.25, -0.2) is 4.79 Å². The van der Waals surface area contributed by atoms with Crippen molar-refractivity contribution in [1.82, 2.24) is 16.0 Å². The van der Waals surface area contributed by atoms with Crippen LogP contribution < -0.4 is 16.0 Å². The SMILES string of the molecule is C=CCNC(=O)NCc1ccc(C(=O)NC)cc1. The lowest BCUT2D eigenvalue weighted by molar-refractivity contribution is 0.0963. The molecular formula is C13H17N3O2. The monoisotopic (exact) mass is 247 g/mol. The van der Waals surface area contributed by atoms with Crippen molar-refractivity contribution in [2.45, 2.75) is 6.54 Å². The van der Waals surface area contributed by atoms with Gasteiger partial charge in [-0.05, 0) is 17.7 Å². The first-order valence-electron chi connectivity index (χ1n) is 5.61. The second-order valence-electron chi connectivity index (χ2n) is 3.63. The zero-order chi connectivity index (χ0) is 13.4. The summed E-state index contributed by atoms with van der Waals surface area (Å²) in [5.74, 6) is -0.127. The summed E-state index contributed by atoms with van der Waals surface area (Å²) in [6.45, 7) is 4.35. The first kappa shape index (κ1) is 13.8. The van der Waals surface area contributed by atoms with Gasteiger partial charge >= 0.3 is 6.03 Å². The zero-order valence-corrected chi connectivity index (χ0v) is 10.3. The molecule has 0 atom stereocenters. The zero-order valence-electron chi connectivity index (χ0n) is 10.3. The fourth-order valence-corrected chi connectivity index (χ4v) is 1.33. The second kappa shape index (κ2) is 7.11. The Morgan fingerprint density at radius 1 is 1.22 bits per heavy atom. The average Bonchev–Trinajstić information content (AvgIpc) is 2.42. The molecular weight excluding hydrogens is 230 g/mol. The normalized spacial score (nSPS) is 9.39. The fourth-order valence-electron chi connectivity index (χ4n) is 1.33. The van der Waals surface area contributed by atoms with Gasteiger partial charge in [0.05, 0.1) is 0 Å².